The van der Waals surface area contributed by atoms with E-state index in [0.717, 1.165) is 5.56 Å². The fraction of sp³-hybridized carbons (Fsp3) is 0.190. The zero-order valence-corrected chi connectivity index (χ0v) is 16.1. The Labute approximate surface area is 172 Å². The number of nitriles is 1. The monoisotopic (exact) mass is 402 g/mol. The topological polar surface area (TPSA) is 124 Å². The Morgan fingerprint density at radius 3 is 2.87 bits per heavy atom. The van der Waals surface area contributed by atoms with Crippen molar-refractivity contribution >= 4 is 17.5 Å². The number of aromatic amines is 1. The number of anilines is 1. The van der Waals surface area contributed by atoms with E-state index in [1.807, 2.05) is 36.4 Å². The molecule has 0 aliphatic carbocycles. The largest absolute Gasteiger partial charge is 0.487 e. The van der Waals surface area contributed by atoms with E-state index in [1.54, 1.807) is 25.2 Å². The van der Waals surface area contributed by atoms with Crippen LogP contribution in [0.1, 0.15) is 27.6 Å². The summed E-state index contributed by atoms with van der Waals surface area (Å²) in [5, 5.41) is 18.6. The second kappa shape index (κ2) is 8.05. The van der Waals surface area contributed by atoms with Gasteiger partial charge in [-0.1, -0.05) is 36.4 Å². The zero-order chi connectivity index (χ0) is 21.1. The molecule has 4 rings (SSSR count). The number of hydrogen-bond acceptors (Lipinski definition) is 6. The maximum absolute atomic E-state index is 12.8. The summed E-state index contributed by atoms with van der Waals surface area (Å²) in [5.74, 6) is -0.158. The van der Waals surface area contributed by atoms with E-state index in [1.165, 1.54) is 4.90 Å². The number of amides is 2. The minimum atomic E-state index is -0.947. The fourth-order valence-electron chi connectivity index (χ4n) is 3.21. The number of carbonyl (C=O) groups excluding carboxylic acids is 2. The maximum atomic E-state index is 12.8. The highest BCUT2D eigenvalue weighted by Crippen LogP contribution is 2.33. The first-order chi connectivity index (χ1) is 14.6. The molecule has 150 valence electrons. The SMILES string of the molecule is CN1C(=O)C(NC(=O)c2n[nH]c(Cc3ccccc3)n2)COc2c(C#N)cccc21. The van der Waals surface area contributed by atoms with Crippen molar-refractivity contribution in [2.75, 3.05) is 18.6 Å². The van der Waals surface area contributed by atoms with Gasteiger partial charge in [0.05, 0.1) is 11.3 Å². The molecule has 9 heteroatoms. The molecule has 0 bridgehead atoms. The number of aromatic nitrogens is 3. The average molecular weight is 402 g/mol. The number of rotatable bonds is 4. The molecule has 3 aromatic rings. The van der Waals surface area contributed by atoms with Gasteiger partial charge in [0.25, 0.3) is 11.8 Å². The van der Waals surface area contributed by atoms with Gasteiger partial charge >= 0.3 is 0 Å². The first-order valence-corrected chi connectivity index (χ1v) is 9.26. The molecule has 1 aliphatic heterocycles. The van der Waals surface area contributed by atoms with Gasteiger partial charge in [-0.05, 0) is 17.7 Å². The van der Waals surface area contributed by atoms with Gasteiger partial charge in [-0.3, -0.25) is 14.7 Å². The quantitative estimate of drug-likeness (QED) is 0.680. The van der Waals surface area contributed by atoms with Gasteiger partial charge in [-0.25, -0.2) is 4.98 Å². The van der Waals surface area contributed by atoms with Crippen molar-refractivity contribution in [3.63, 3.8) is 0 Å². The minimum Gasteiger partial charge on any atom is -0.487 e. The van der Waals surface area contributed by atoms with E-state index in [-0.39, 0.29) is 18.3 Å². The molecule has 30 heavy (non-hydrogen) atoms. The number of para-hydroxylation sites is 1. The highest BCUT2D eigenvalue weighted by molar-refractivity contribution is 6.02. The number of nitrogens with one attached hydrogen (secondary N) is 2. The Balaban J connectivity index is 1.48. The van der Waals surface area contributed by atoms with Crippen LogP contribution in [-0.4, -0.2) is 46.7 Å². The summed E-state index contributed by atoms with van der Waals surface area (Å²) in [6.07, 6.45) is 0.502. The smallest absolute Gasteiger partial charge is 0.291 e. The van der Waals surface area contributed by atoms with Crippen molar-refractivity contribution in [3.8, 4) is 11.8 Å². The van der Waals surface area contributed by atoms with E-state index in [4.69, 9.17) is 4.74 Å². The predicted octanol–water partition coefficient (Wildman–Crippen LogP) is 1.42. The fourth-order valence-corrected chi connectivity index (χ4v) is 3.21. The van der Waals surface area contributed by atoms with Gasteiger partial charge in [0.2, 0.25) is 5.82 Å². The Morgan fingerprint density at radius 1 is 1.30 bits per heavy atom. The third kappa shape index (κ3) is 3.71. The number of carbonyl (C=O) groups is 2. The lowest BCUT2D eigenvalue weighted by Gasteiger charge is -2.19. The van der Waals surface area contributed by atoms with E-state index in [9.17, 15) is 14.9 Å². The number of H-pyrrole nitrogens is 1. The Morgan fingerprint density at radius 2 is 2.10 bits per heavy atom. The van der Waals surface area contributed by atoms with Crippen LogP contribution in [0.15, 0.2) is 48.5 Å². The van der Waals surface area contributed by atoms with Crippen molar-refractivity contribution in [1.82, 2.24) is 20.5 Å². The molecule has 1 unspecified atom stereocenters. The summed E-state index contributed by atoms with van der Waals surface area (Å²) in [6.45, 7) is -0.109. The summed E-state index contributed by atoms with van der Waals surface area (Å²) >= 11 is 0. The summed E-state index contributed by atoms with van der Waals surface area (Å²) in [7, 11) is 1.57. The predicted molar refractivity (Wildman–Crippen MR) is 107 cm³/mol. The van der Waals surface area contributed by atoms with E-state index < -0.39 is 11.9 Å². The van der Waals surface area contributed by atoms with Crippen LogP contribution in [0.2, 0.25) is 0 Å². The van der Waals surface area contributed by atoms with Gasteiger partial charge in [0.15, 0.2) is 5.75 Å². The van der Waals surface area contributed by atoms with Crippen LogP contribution in [0.5, 0.6) is 5.75 Å². The van der Waals surface area contributed by atoms with Crippen molar-refractivity contribution in [1.29, 1.82) is 5.26 Å². The lowest BCUT2D eigenvalue weighted by molar-refractivity contribution is -0.120. The number of hydrogen-bond donors (Lipinski definition) is 2. The molecule has 1 aromatic heterocycles. The Bertz CT molecular complexity index is 1140. The van der Waals surface area contributed by atoms with Crippen LogP contribution in [0.4, 0.5) is 5.69 Å². The van der Waals surface area contributed by atoms with Crippen LogP contribution >= 0.6 is 0 Å². The van der Waals surface area contributed by atoms with Gasteiger partial charge in [-0.15, -0.1) is 5.10 Å². The normalized spacial score (nSPS) is 15.5. The number of likely N-dealkylation sites (N-methyl/N-ethyl adjacent to an activating group) is 1. The van der Waals surface area contributed by atoms with E-state index >= 15 is 0 Å². The van der Waals surface area contributed by atoms with Crippen LogP contribution in [0.3, 0.4) is 0 Å². The van der Waals surface area contributed by atoms with Crippen LogP contribution in [-0.2, 0) is 11.2 Å². The lowest BCUT2D eigenvalue weighted by atomic mass is 10.1. The highest BCUT2D eigenvalue weighted by atomic mass is 16.5. The first-order valence-electron chi connectivity index (χ1n) is 9.26. The molecule has 0 saturated carbocycles. The lowest BCUT2D eigenvalue weighted by Crippen LogP contribution is -2.49. The molecule has 2 heterocycles. The third-order valence-electron chi connectivity index (χ3n) is 4.75. The number of fused-ring (bicyclic) bond motifs is 1. The molecule has 2 N–H and O–H groups in total. The molecule has 0 spiro atoms. The molecule has 9 nitrogen and oxygen atoms in total. The van der Waals surface area contributed by atoms with Gasteiger partial charge in [0, 0.05) is 13.5 Å². The summed E-state index contributed by atoms with van der Waals surface area (Å²) in [6, 6.07) is 15.7. The van der Waals surface area contributed by atoms with Gasteiger partial charge in [0.1, 0.15) is 24.5 Å². The number of nitrogens with zero attached hydrogens (tertiary/aromatic N) is 4. The Hall–Kier alpha value is -4.19. The second-order valence-electron chi connectivity index (χ2n) is 6.77. The summed E-state index contributed by atoms with van der Waals surface area (Å²) in [4.78, 5) is 31.0. The maximum Gasteiger partial charge on any atom is 0.291 e. The third-order valence-corrected chi connectivity index (χ3v) is 4.75. The molecular formula is C21H18N6O3. The molecule has 1 atom stereocenters. The van der Waals surface area contributed by atoms with Crippen molar-refractivity contribution in [2.45, 2.75) is 12.5 Å². The molecule has 0 saturated heterocycles. The number of benzene rings is 2. The van der Waals surface area contributed by atoms with Crippen LogP contribution in [0.25, 0.3) is 0 Å². The van der Waals surface area contributed by atoms with Crippen LogP contribution in [0, 0.1) is 11.3 Å². The van der Waals surface area contributed by atoms with Crippen LogP contribution < -0.4 is 15.0 Å². The number of ether oxygens (including phenoxy) is 1. The second-order valence-corrected chi connectivity index (χ2v) is 6.77. The van der Waals surface area contributed by atoms with Crippen molar-refractivity contribution < 1.29 is 14.3 Å². The van der Waals surface area contributed by atoms with E-state index in [0.29, 0.717) is 29.2 Å². The molecule has 0 radical (unpaired) electrons. The first kappa shape index (κ1) is 19.1. The summed E-state index contributed by atoms with van der Waals surface area (Å²) in [5.41, 5.74) is 1.82. The average Bonchev–Trinajstić information content (AvgIpc) is 3.20. The van der Waals surface area contributed by atoms with Gasteiger partial charge in [-0.2, -0.15) is 5.26 Å². The molecular weight excluding hydrogens is 384 g/mol. The Kier molecular flexibility index (Phi) is 5.13. The molecule has 2 amide bonds. The zero-order valence-electron chi connectivity index (χ0n) is 16.1. The molecule has 1 aliphatic rings. The van der Waals surface area contributed by atoms with E-state index in [2.05, 4.69) is 20.5 Å². The minimum absolute atomic E-state index is 0.0594. The van der Waals surface area contributed by atoms with Gasteiger partial charge < -0.3 is 15.0 Å². The summed E-state index contributed by atoms with van der Waals surface area (Å²) < 4.78 is 5.70. The molecule has 0 fully saturated rings. The van der Waals surface area contributed by atoms with Crippen molar-refractivity contribution in [3.05, 3.63) is 71.3 Å². The molecule has 2 aromatic carbocycles. The highest BCUT2D eigenvalue weighted by Gasteiger charge is 2.32. The van der Waals surface area contributed by atoms with Crippen molar-refractivity contribution in [2.24, 2.45) is 0 Å². The standard InChI is InChI=1S/C21H18N6O3/c1-27-16-9-5-8-14(11-22)18(16)30-12-15(21(27)29)23-20(28)19-24-17(25-26-19)10-13-6-3-2-4-7-13/h2-9,15H,10,12H2,1H3,(H,23,28)(H,24,25,26).